The molecule has 0 bridgehead atoms. The van der Waals surface area contributed by atoms with Gasteiger partial charge in [0.25, 0.3) is 5.69 Å². The van der Waals surface area contributed by atoms with Crippen molar-refractivity contribution in [2.75, 3.05) is 33.4 Å². The van der Waals surface area contributed by atoms with Gasteiger partial charge in [-0.2, -0.15) is 0 Å². The summed E-state index contributed by atoms with van der Waals surface area (Å²) < 4.78 is 10.8. The molecule has 0 saturated carbocycles. The van der Waals surface area contributed by atoms with E-state index in [-0.39, 0.29) is 28.9 Å². The van der Waals surface area contributed by atoms with Gasteiger partial charge in [0.05, 0.1) is 35.7 Å². The number of allylic oxidation sites excluding steroid dienone is 2. The molecule has 1 atom stereocenters. The minimum atomic E-state index is -1.26. The number of nitrogens with zero attached hydrogens (tertiary/aromatic N) is 2. The van der Waals surface area contributed by atoms with Gasteiger partial charge in [0.2, 0.25) is 0 Å². The minimum absolute atomic E-state index is 0.000256. The van der Waals surface area contributed by atoms with E-state index in [1.54, 1.807) is 26.0 Å². The van der Waals surface area contributed by atoms with Crippen LogP contribution in [-0.4, -0.2) is 77.3 Å². The van der Waals surface area contributed by atoms with Crippen molar-refractivity contribution in [3.05, 3.63) is 146 Å². The summed E-state index contributed by atoms with van der Waals surface area (Å²) >= 11 is 0. The number of esters is 2. The number of rotatable bonds is 13. The Balaban J connectivity index is 0.000000730. The summed E-state index contributed by atoms with van der Waals surface area (Å²) in [6.45, 7) is 6.54. The van der Waals surface area contributed by atoms with Gasteiger partial charge in [0, 0.05) is 41.1 Å². The molecule has 0 spiro atoms. The number of carbonyl (C=O) groups is 4. The second-order valence-corrected chi connectivity index (χ2v) is 13.0. The third-order valence-corrected chi connectivity index (χ3v) is 9.63. The lowest BCUT2D eigenvalue weighted by Gasteiger charge is -2.43. The van der Waals surface area contributed by atoms with Crippen molar-refractivity contribution >= 4 is 29.6 Å². The van der Waals surface area contributed by atoms with Gasteiger partial charge in [-0.25, -0.2) is 19.2 Å². The van der Waals surface area contributed by atoms with Gasteiger partial charge < -0.3 is 29.9 Å². The predicted octanol–water partition coefficient (Wildman–Crippen LogP) is 6.12. The van der Waals surface area contributed by atoms with E-state index in [2.05, 4.69) is 70.9 Å². The molecule has 1 fully saturated rings. The number of ether oxygens (including phenoxy) is 2. The molecule has 0 aliphatic carbocycles. The molecule has 2 heterocycles. The van der Waals surface area contributed by atoms with Crippen molar-refractivity contribution in [1.29, 1.82) is 0 Å². The molecule has 1 unspecified atom stereocenters. The van der Waals surface area contributed by atoms with Crippen LogP contribution >= 0.6 is 0 Å². The van der Waals surface area contributed by atoms with Crippen LogP contribution in [0.25, 0.3) is 0 Å². The Bertz CT molecular complexity index is 1860. The average Bonchev–Trinajstić information content (AvgIpc) is 3.17. The molecule has 5 rings (SSSR count). The third kappa shape index (κ3) is 10.3. The summed E-state index contributed by atoms with van der Waals surface area (Å²) in [5.41, 5.74) is 4.52. The van der Waals surface area contributed by atoms with E-state index in [1.807, 2.05) is 0 Å². The van der Waals surface area contributed by atoms with Gasteiger partial charge in [-0.3, -0.25) is 10.1 Å². The number of non-ortho nitro benzene ring substituents is 1. The van der Waals surface area contributed by atoms with Gasteiger partial charge in [0.1, 0.15) is 0 Å². The van der Waals surface area contributed by atoms with Crippen LogP contribution in [0.5, 0.6) is 0 Å². The molecule has 1 saturated heterocycles. The second-order valence-electron chi connectivity index (χ2n) is 13.0. The monoisotopic (exact) mass is 739 g/mol. The Morgan fingerprint density at radius 2 is 1.37 bits per heavy atom. The molecular weight excluding hydrogens is 694 g/mol. The quantitative estimate of drug-likeness (QED) is 0.0601. The molecule has 13 nitrogen and oxygen atoms in total. The number of piperidine rings is 1. The number of carbonyl (C=O) groups excluding carboxylic acids is 2. The van der Waals surface area contributed by atoms with Crippen LogP contribution in [0.4, 0.5) is 5.69 Å². The van der Waals surface area contributed by atoms with E-state index >= 15 is 0 Å². The number of unbranched alkanes of at least 4 members (excludes halogenated alkanes) is 1. The van der Waals surface area contributed by atoms with Crippen molar-refractivity contribution in [2.24, 2.45) is 0 Å². The molecule has 3 aromatic carbocycles. The molecule has 0 aromatic heterocycles. The van der Waals surface area contributed by atoms with E-state index in [0.29, 0.717) is 35.5 Å². The molecule has 0 radical (unpaired) electrons. The maximum Gasteiger partial charge on any atom is 0.336 e. The van der Waals surface area contributed by atoms with Crippen LogP contribution in [0.3, 0.4) is 0 Å². The summed E-state index contributed by atoms with van der Waals surface area (Å²) in [5, 5.41) is 30.2. The SMILES string of the molecule is COC(=O)C1=C(C)NC(C)=C(C(=O)OCCCCN2CCC(c3ccccc3)(c3ccccc3)CC2)C1c1cccc([N+](=O)[O-])c1.O=C(O)C=CC(=O)O. The first kappa shape index (κ1) is 40.7. The van der Waals surface area contributed by atoms with E-state index in [1.165, 1.54) is 30.4 Å². The maximum absolute atomic E-state index is 13.5. The molecular formula is C41H45N3O10. The van der Waals surface area contributed by atoms with Gasteiger partial charge in [0.15, 0.2) is 0 Å². The van der Waals surface area contributed by atoms with Gasteiger partial charge >= 0.3 is 23.9 Å². The lowest BCUT2D eigenvalue weighted by molar-refractivity contribution is -0.384. The largest absolute Gasteiger partial charge is 0.478 e. The number of nitro benzene ring substituents is 1. The van der Waals surface area contributed by atoms with Crippen LogP contribution in [0.1, 0.15) is 62.1 Å². The van der Waals surface area contributed by atoms with Crippen LogP contribution in [-0.2, 0) is 34.1 Å². The fourth-order valence-electron chi connectivity index (χ4n) is 7.04. The van der Waals surface area contributed by atoms with Crippen molar-refractivity contribution in [3.63, 3.8) is 0 Å². The normalized spacial score (nSPS) is 16.8. The van der Waals surface area contributed by atoms with Crippen molar-refractivity contribution in [1.82, 2.24) is 10.2 Å². The van der Waals surface area contributed by atoms with Crippen LogP contribution in [0, 0.1) is 10.1 Å². The maximum atomic E-state index is 13.5. The standard InChI is InChI=1S/C37H41N3O6.C4H4O4/c1-26-32(35(41)45-3)34(28-13-12-18-31(25-28)40(43)44)33(27(2)38-26)36(42)46-24-11-10-21-39-22-19-37(20-23-39,29-14-6-4-7-15-29)30-16-8-5-9-17-30;5-3(6)1-2-4(7)8/h4-9,12-18,25,34,38H,10-11,19-24H2,1-3H3;1-2H,(H,5,6)(H,7,8). The van der Waals surface area contributed by atoms with Gasteiger partial charge in [-0.1, -0.05) is 72.8 Å². The molecule has 54 heavy (non-hydrogen) atoms. The zero-order chi connectivity index (χ0) is 39.3. The highest BCUT2D eigenvalue weighted by atomic mass is 16.6. The number of methoxy groups -OCH3 is 1. The smallest absolute Gasteiger partial charge is 0.336 e. The summed E-state index contributed by atoms with van der Waals surface area (Å²) in [4.78, 5) is 59.0. The number of hydrogen-bond acceptors (Lipinski definition) is 10. The highest BCUT2D eigenvalue weighted by Crippen LogP contribution is 2.42. The number of benzene rings is 3. The number of nitrogens with one attached hydrogen (secondary N) is 1. The summed E-state index contributed by atoms with van der Waals surface area (Å²) in [5.74, 6) is -4.57. The molecule has 13 heteroatoms. The summed E-state index contributed by atoms with van der Waals surface area (Å²) in [6, 6.07) is 27.5. The molecule has 284 valence electrons. The van der Waals surface area contributed by atoms with Crippen molar-refractivity contribution < 1.29 is 43.8 Å². The Kier molecular flexibility index (Phi) is 14.4. The molecule has 3 N–H and O–H groups in total. The fraction of sp³-hybridized carbons (Fsp3) is 0.317. The van der Waals surface area contributed by atoms with E-state index < -0.39 is 34.7 Å². The Hall–Kier alpha value is -6.08. The van der Waals surface area contributed by atoms with Gasteiger partial charge in [-0.15, -0.1) is 0 Å². The fourth-order valence-corrected chi connectivity index (χ4v) is 7.04. The van der Waals surface area contributed by atoms with Crippen LogP contribution < -0.4 is 5.32 Å². The van der Waals surface area contributed by atoms with Crippen LogP contribution in [0.2, 0.25) is 0 Å². The number of aliphatic carboxylic acids is 2. The average molecular weight is 740 g/mol. The molecule has 0 amide bonds. The number of dihydropyridines is 1. The number of nitro groups is 1. The van der Waals surface area contributed by atoms with Crippen molar-refractivity contribution in [2.45, 2.75) is 50.9 Å². The molecule has 3 aromatic rings. The predicted molar refractivity (Wildman–Crippen MR) is 200 cm³/mol. The highest BCUT2D eigenvalue weighted by molar-refractivity contribution is 6.00. The topological polar surface area (TPSA) is 186 Å². The van der Waals surface area contributed by atoms with E-state index in [4.69, 9.17) is 19.7 Å². The first-order chi connectivity index (χ1) is 25.9. The minimum Gasteiger partial charge on any atom is -0.478 e. The summed E-state index contributed by atoms with van der Waals surface area (Å²) in [7, 11) is 1.27. The van der Waals surface area contributed by atoms with E-state index in [9.17, 15) is 29.3 Å². The lowest BCUT2D eigenvalue weighted by Crippen LogP contribution is -2.43. The van der Waals surface area contributed by atoms with E-state index in [0.717, 1.165) is 38.9 Å². The zero-order valence-corrected chi connectivity index (χ0v) is 30.5. The molecule has 2 aliphatic rings. The number of carboxylic acid groups (broad SMARTS) is 2. The zero-order valence-electron chi connectivity index (χ0n) is 30.5. The first-order valence-corrected chi connectivity index (χ1v) is 17.5. The van der Waals surface area contributed by atoms with Crippen LogP contribution in [0.15, 0.2) is 120 Å². The number of carboxylic acids is 2. The Morgan fingerprint density at radius 3 is 1.87 bits per heavy atom. The number of likely N-dealkylation sites (tertiary alicyclic amines) is 1. The third-order valence-electron chi connectivity index (χ3n) is 9.63. The summed E-state index contributed by atoms with van der Waals surface area (Å²) in [6.07, 6.45) is 4.74. The Labute approximate surface area is 313 Å². The molecule has 2 aliphatic heterocycles. The second kappa shape index (κ2) is 19.1. The van der Waals surface area contributed by atoms with Crippen molar-refractivity contribution in [3.8, 4) is 0 Å². The highest BCUT2D eigenvalue weighted by Gasteiger charge is 2.39. The first-order valence-electron chi connectivity index (χ1n) is 17.5. The lowest BCUT2D eigenvalue weighted by atomic mass is 9.68. The Morgan fingerprint density at radius 1 is 0.833 bits per heavy atom. The number of hydrogen-bond donors (Lipinski definition) is 3. The van der Waals surface area contributed by atoms with Gasteiger partial charge in [-0.05, 0) is 75.9 Å².